The first-order valence-corrected chi connectivity index (χ1v) is 10.2. The predicted molar refractivity (Wildman–Crippen MR) is 115 cm³/mol. The van der Waals surface area contributed by atoms with Gasteiger partial charge in [-0.05, 0) is 31.9 Å². The van der Waals surface area contributed by atoms with Gasteiger partial charge in [0.1, 0.15) is 0 Å². The number of carbonyl (C=O) groups is 1. The van der Waals surface area contributed by atoms with Gasteiger partial charge in [-0.25, -0.2) is 4.98 Å². The van der Waals surface area contributed by atoms with Crippen LogP contribution >= 0.6 is 0 Å². The van der Waals surface area contributed by atoms with Crippen molar-refractivity contribution in [2.45, 2.75) is 39.2 Å². The van der Waals surface area contributed by atoms with Crippen molar-refractivity contribution in [1.29, 1.82) is 0 Å². The minimum absolute atomic E-state index is 0.0144. The summed E-state index contributed by atoms with van der Waals surface area (Å²) in [6, 6.07) is 16.3. The average molecular weight is 389 g/mol. The fourth-order valence-electron chi connectivity index (χ4n) is 3.95. The SMILES string of the molecule is Cc1ccc(NC(=O)CCn2cnc(-c3ccccc3)c2[C@H]2CCOC2)c(C)c1. The molecule has 0 unspecified atom stereocenters. The fraction of sp³-hybridized carbons (Fsp3) is 0.333. The lowest BCUT2D eigenvalue weighted by atomic mass is 9.99. The van der Waals surface area contributed by atoms with Gasteiger partial charge in [0.2, 0.25) is 5.91 Å². The van der Waals surface area contributed by atoms with E-state index in [4.69, 9.17) is 9.72 Å². The molecular formula is C24H27N3O2. The molecule has 1 aliphatic heterocycles. The second-order valence-corrected chi connectivity index (χ2v) is 7.71. The van der Waals surface area contributed by atoms with Crippen molar-refractivity contribution in [1.82, 2.24) is 9.55 Å². The second-order valence-electron chi connectivity index (χ2n) is 7.71. The number of rotatable bonds is 6. The molecular weight excluding hydrogens is 362 g/mol. The molecule has 5 nitrogen and oxygen atoms in total. The van der Waals surface area contributed by atoms with E-state index in [-0.39, 0.29) is 5.91 Å². The largest absolute Gasteiger partial charge is 0.381 e. The Morgan fingerprint density at radius 1 is 1.21 bits per heavy atom. The summed E-state index contributed by atoms with van der Waals surface area (Å²) in [4.78, 5) is 17.3. The highest BCUT2D eigenvalue weighted by Crippen LogP contribution is 2.33. The smallest absolute Gasteiger partial charge is 0.226 e. The van der Waals surface area contributed by atoms with Crippen molar-refractivity contribution in [2.24, 2.45) is 0 Å². The molecule has 5 heteroatoms. The quantitative estimate of drug-likeness (QED) is 0.665. The van der Waals surface area contributed by atoms with E-state index in [0.717, 1.165) is 35.5 Å². The Morgan fingerprint density at radius 3 is 2.76 bits per heavy atom. The third-order valence-electron chi connectivity index (χ3n) is 5.48. The lowest BCUT2D eigenvalue weighted by Crippen LogP contribution is -2.17. The number of anilines is 1. The summed E-state index contributed by atoms with van der Waals surface area (Å²) in [5.74, 6) is 0.329. The maximum absolute atomic E-state index is 12.6. The van der Waals surface area contributed by atoms with Crippen LogP contribution in [0.3, 0.4) is 0 Å². The van der Waals surface area contributed by atoms with E-state index in [1.807, 2.05) is 43.6 Å². The van der Waals surface area contributed by atoms with Crippen LogP contribution in [0.5, 0.6) is 0 Å². The lowest BCUT2D eigenvalue weighted by molar-refractivity contribution is -0.116. The zero-order chi connectivity index (χ0) is 20.2. The van der Waals surface area contributed by atoms with Gasteiger partial charge < -0.3 is 14.6 Å². The Balaban J connectivity index is 1.51. The number of nitrogens with one attached hydrogen (secondary N) is 1. The molecule has 4 rings (SSSR count). The fourth-order valence-corrected chi connectivity index (χ4v) is 3.95. The maximum atomic E-state index is 12.6. The number of benzene rings is 2. The molecule has 1 aliphatic rings. The highest BCUT2D eigenvalue weighted by atomic mass is 16.5. The lowest BCUT2D eigenvalue weighted by Gasteiger charge is -2.15. The van der Waals surface area contributed by atoms with E-state index in [0.29, 0.717) is 25.5 Å². The van der Waals surface area contributed by atoms with Gasteiger partial charge in [0.15, 0.2) is 0 Å². The zero-order valence-corrected chi connectivity index (χ0v) is 17.0. The number of imidazole rings is 1. The van der Waals surface area contributed by atoms with Gasteiger partial charge >= 0.3 is 0 Å². The first-order chi connectivity index (χ1) is 14.1. The summed E-state index contributed by atoms with van der Waals surface area (Å²) in [7, 11) is 0. The van der Waals surface area contributed by atoms with Crippen LogP contribution < -0.4 is 5.32 Å². The van der Waals surface area contributed by atoms with Gasteiger partial charge in [0.05, 0.1) is 24.3 Å². The molecule has 1 atom stereocenters. The molecule has 1 fully saturated rings. The molecule has 1 amide bonds. The van der Waals surface area contributed by atoms with E-state index < -0.39 is 0 Å². The molecule has 2 heterocycles. The van der Waals surface area contributed by atoms with E-state index in [9.17, 15) is 4.79 Å². The van der Waals surface area contributed by atoms with Crippen LogP contribution in [0.1, 0.15) is 35.6 Å². The Morgan fingerprint density at radius 2 is 2.03 bits per heavy atom. The van der Waals surface area contributed by atoms with Crippen molar-refractivity contribution >= 4 is 11.6 Å². The van der Waals surface area contributed by atoms with Gasteiger partial charge in [0, 0.05) is 36.7 Å². The number of aromatic nitrogens is 2. The minimum Gasteiger partial charge on any atom is -0.381 e. The van der Waals surface area contributed by atoms with Gasteiger partial charge in [-0.15, -0.1) is 0 Å². The normalized spacial score (nSPS) is 16.1. The summed E-state index contributed by atoms with van der Waals surface area (Å²) in [6.07, 6.45) is 3.25. The Labute approximate surface area is 171 Å². The molecule has 3 aromatic rings. The van der Waals surface area contributed by atoms with Crippen molar-refractivity contribution in [3.05, 3.63) is 71.7 Å². The predicted octanol–water partition coefficient (Wildman–Crippen LogP) is 4.70. The van der Waals surface area contributed by atoms with Crippen molar-refractivity contribution in [3.8, 4) is 11.3 Å². The van der Waals surface area contributed by atoms with Crippen LogP contribution in [0.25, 0.3) is 11.3 Å². The number of hydrogen-bond donors (Lipinski definition) is 1. The van der Waals surface area contributed by atoms with Crippen LogP contribution in [0.15, 0.2) is 54.9 Å². The summed E-state index contributed by atoms with van der Waals surface area (Å²) < 4.78 is 7.76. The van der Waals surface area contributed by atoms with Crippen molar-refractivity contribution in [3.63, 3.8) is 0 Å². The van der Waals surface area contributed by atoms with E-state index in [1.165, 1.54) is 11.3 Å². The van der Waals surface area contributed by atoms with Crippen LogP contribution in [-0.4, -0.2) is 28.7 Å². The molecule has 1 aromatic heterocycles. The van der Waals surface area contributed by atoms with E-state index >= 15 is 0 Å². The molecule has 0 aliphatic carbocycles. The molecule has 0 radical (unpaired) electrons. The topological polar surface area (TPSA) is 56.2 Å². The van der Waals surface area contributed by atoms with Crippen molar-refractivity contribution < 1.29 is 9.53 Å². The van der Waals surface area contributed by atoms with Gasteiger partial charge in [-0.1, -0.05) is 48.0 Å². The van der Waals surface area contributed by atoms with Crippen LogP contribution in [0.2, 0.25) is 0 Å². The molecule has 29 heavy (non-hydrogen) atoms. The zero-order valence-electron chi connectivity index (χ0n) is 17.0. The number of nitrogens with zero attached hydrogens (tertiary/aromatic N) is 2. The monoisotopic (exact) mass is 389 g/mol. The number of ether oxygens (including phenoxy) is 1. The third kappa shape index (κ3) is 4.40. The number of aryl methyl sites for hydroxylation is 3. The summed E-state index contributed by atoms with van der Waals surface area (Å²) in [5, 5.41) is 3.04. The van der Waals surface area contributed by atoms with Crippen LogP contribution in [0.4, 0.5) is 5.69 Å². The molecule has 2 aromatic carbocycles. The summed E-state index contributed by atoms with van der Waals surface area (Å²) in [5.41, 5.74) is 6.42. The first kappa shape index (κ1) is 19.4. The Hall–Kier alpha value is -2.92. The highest BCUT2D eigenvalue weighted by molar-refractivity contribution is 5.91. The molecule has 1 saturated heterocycles. The molecule has 1 N–H and O–H groups in total. The minimum atomic E-state index is 0.0144. The van der Waals surface area contributed by atoms with Gasteiger partial charge in [-0.2, -0.15) is 0 Å². The Bertz CT molecular complexity index is 989. The van der Waals surface area contributed by atoms with E-state index in [2.05, 4.69) is 35.0 Å². The van der Waals surface area contributed by atoms with Crippen LogP contribution in [0, 0.1) is 13.8 Å². The van der Waals surface area contributed by atoms with Crippen molar-refractivity contribution in [2.75, 3.05) is 18.5 Å². The highest BCUT2D eigenvalue weighted by Gasteiger charge is 2.26. The van der Waals surface area contributed by atoms with Gasteiger partial charge in [-0.3, -0.25) is 4.79 Å². The maximum Gasteiger partial charge on any atom is 0.226 e. The second kappa shape index (κ2) is 8.62. The standard InChI is InChI=1S/C24H27N3O2/c1-17-8-9-21(18(2)14-17)26-22(28)10-12-27-16-25-23(19-6-4-3-5-7-19)24(27)20-11-13-29-15-20/h3-9,14,16,20H,10-13,15H2,1-2H3,(H,26,28)/t20-/m0/s1. The molecule has 0 saturated carbocycles. The van der Waals surface area contributed by atoms with Gasteiger partial charge in [0.25, 0.3) is 0 Å². The Kier molecular flexibility index (Phi) is 5.76. The summed E-state index contributed by atoms with van der Waals surface area (Å²) >= 11 is 0. The number of hydrogen-bond acceptors (Lipinski definition) is 3. The molecule has 0 spiro atoms. The first-order valence-electron chi connectivity index (χ1n) is 10.2. The average Bonchev–Trinajstić information content (AvgIpc) is 3.38. The number of carbonyl (C=O) groups excluding carboxylic acids is 1. The summed E-state index contributed by atoms with van der Waals surface area (Å²) in [6.45, 7) is 6.15. The third-order valence-corrected chi connectivity index (χ3v) is 5.48. The molecule has 150 valence electrons. The molecule has 0 bridgehead atoms. The van der Waals surface area contributed by atoms with E-state index in [1.54, 1.807) is 0 Å². The number of amides is 1. The van der Waals surface area contributed by atoms with Crippen LogP contribution in [-0.2, 0) is 16.1 Å².